The number of pyridine rings is 1. The lowest BCUT2D eigenvalue weighted by Crippen LogP contribution is -2.17. The average molecular weight is 441 g/mol. The van der Waals surface area contributed by atoms with Crippen molar-refractivity contribution in [1.82, 2.24) is 19.9 Å². The molecule has 0 fully saturated rings. The van der Waals surface area contributed by atoms with E-state index in [-0.39, 0.29) is 0 Å². The highest BCUT2D eigenvalue weighted by molar-refractivity contribution is 9.10. The van der Waals surface area contributed by atoms with E-state index in [9.17, 15) is 0 Å². The van der Waals surface area contributed by atoms with Crippen molar-refractivity contribution < 1.29 is 0 Å². The monoisotopic (exact) mass is 440 g/mol. The first-order chi connectivity index (χ1) is 13.5. The van der Waals surface area contributed by atoms with Gasteiger partial charge in [0.15, 0.2) is 0 Å². The van der Waals surface area contributed by atoms with E-state index in [0.29, 0.717) is 5.95 Å². The summed E-state index contributed by atoms with van der Waals surface area (Å²) in [6.45, 7) is 3.89. The van der Waals surface area contributed by atoms with E-state index < -0.39 is 0 Å². The Balaban J connectivity index is 1.87. The van der Waals surface area contributed by atoms with Crippen LogP contribution in [0, 0.1) is 6.92 Å². The maximum absolute atomic E-state index is 4.68. The number of nitrogens with one attached hydrogen (secondary N) is 2. The normalized spacial score (nSPS) is 10.9. The van der Waals surface area contributed by atoms with E-state index in [0.717, 1.165) is 52.3 Å². The summed E-state index contributed by atoms with van der Waals surface area (Å²) in [5, 5.41) is 6.77. The zero-order chi connectivity index (χ0) is 19.9. The van der Waals surface area contributed by atoms with Crippen molar-refractivity contribution in [3.8, 4) is 11.3 Å². The third kappa shape index (κ3) is 5.50. The minimum absolute atomic E-state index is 0.607. The van der Waals surface area contributed by atoms with Crippen LogP contribution in [0.5, 0.6) is 0 Å². The molecule has 0 amide bonds. The SMILES string of the molecule is Cc1c(Br)cccc1Nc1cc(-c2cccnc2)nc(NCCCN(C)C)n1. The summed E-state index contributed by atoms with van der Waals surface area (Å²) in [6, 6.07) is 11.9. The fourth-order valence-electron chi connectivity index (χ4n) is 2.73. The standard InChI is InChI=1S/C21H25BrN6/c1-15-17(22)8-4-9-18(15)25-20-13-19(16-7-5-10-23-14-16)26-21(27-20)24-11-6-12-28(2)3/h4-5,7-10,13-14H,6,11-12H2,1-3H3,(H2,24,25,26,27). The Hall–Kier alpha value is -2.51. The average Bonchev–Trinajstić information content (AvgIpc) is 2.69. The first kappa shape index (κ1) is 20.2. The molecule has 2 aromatic heterocycles. The fourth-order valence-corrected chi connectivity index (χ4v) is 3.10. The van der Waals surface area contributed by atoms with Gasteiger partial charge >= 0.3 is 0 Å². The summed E-state index contributed by atoms with van der Waals surface area (Å²) < 4.78 is 1.06. The quantitative estimate of drug-likeness (QED) is 0.494. The van der Waals surface area contributed by atoms with Crippen LogP contribution in [0.3, 0.4) is 0 Å². The molecule has 0 atom stereocenters. The Kier molecular flexibility index (Phi) is 6.95. The topological polar surface area (TPSA) is 66.0 Å². The van der Waals surface area contributed by atoms with E-state index in [1.807, 2.05) is 42.6 Å². The van der Waals surface area contributed by atoms with Gasteiger partial charge in [0.1, 0.15) is 5.82 Å². The van der Waals surface area contributed by atoms with Gasteiger partial charge in [-0.05, 0) is 63.8 Å². The van der Waals surface area contributed by atoms with Crippen LogP contribution < -0.4 is 10.6 Å². The molecule has 1 aromatic carbocycles. The van der Waals surface area contributed by atoms with Crippen LogP contribution in [0.2, 0.25) is 0 Å². The molecule has 7 heteroatoms. The first-order valence-corrected chi connectivity index (χ1v) is 10.0. The Bertz CT molecular complexity index is 914. The number of halogens is 1. The van der Waals surface area contributed by atoms with Crippen molar-refractivity contribution in [3.63, 3.8) is 0 Å². The number of rotatable bonds is 8. The Morgan fingerprint density at radius 1 is 1.11 bits per heavy atom. The van der Waals surface area contributed by atoms with Crippen LogP contribution in [0.25, 0.3) is 11.3 Å². The van der Waals surface area contributed by atoms with Gasteiger partial charge in [-0.15, -0.1) is 0 Å². The Morgan fingerprint density at radius 3 is 2.71 bits per heavy atom. The van der Waals surface area contributed by atoms with Crippen molar-refractivity contribution in [3.05, 3.63) is 58.8 Å². The van der Waals surface area contributed by atoms with Crippen molar-refractivity contribution in [1.29, 1.82) is 0 Å². The predicted octanol–water partition coefficient (Wildman–Crippen LogP) is 4.72. The molecule has 0 saturated carbocycles. The molecule has 0 aliphatic rings. The lowest BCUT2D eigenvalue weighted by molar-refractivity contribution is 0.405. The number of nitrogens with zero attached hydrogens (tertiary/aromatic N) is 4. The molecular weight excluding hydrogens is 416 g/mol. The molecule has 28 heavy (non-hydrogen) atoms. The zero-order valence-electron chi connectivity index (χ0n) is 16.4. The van der Waals surface area contributed by atoms with Crippen LogP contribution in [-0.2, 0) is 0 Å². The van der Waals surface area contributed by atoms with Gasteiger partial charge in [-0.2, -0.15) is 4.98 Å². The van der Waals surface area contributed by atoms with Crippen LogP contribution >= 0.6 is 15.9 Å². The van der Waals surface area contributed by atoms with Gasteiger partial charge in [0, 0.05) is 40.7 Å². The van der Waals surface area contributed by atoms with Gasteiger partial charge < -0.3 is 15.5 Å². The van der Waals surface area contributed by atoms with Gasteiger partial charge in [-0.3, -0.25) is 4.98 Å². The van der Waals surface area contributed by atoms with Crippen molar-refractivity contribution in [2.75, 3.05) is 37.8 Å². The molecule has 0 unspecified atom stereocenters. The molecule has 3 aromatic rings. The van der Waals surface area contributed by atoms with E-state index >= 15 is 0 Å². The molecule has 2 N–H and O–H groups in total. The second kappa shape index (κ2) is 9.61. The van der Waals surface area contributed by atoms with Gasteiger partial charge in [0.2, 0.25) is 5.95 Å². The van der Waals surface area contributed by atoms with E-state index in [1.165, 1.54) is 0 Å². The molecule has 0 bridgehead atoms. The number of anilines is 3. The van der Waals surface area contributed by atoms with Crippen LogP contribution in [0.4, 0.5) is 17.5 Å². The molecule has 3 rings (SSSR count). The maximum Gasteiger partial charge on any atom is 0.225 e. The third-order valence-electron chi connectivity index (χ3n) is 4.28. The minimum atomic E-state index is 0.607. The second-order valence-corrected chi connectivity index (χ2v) is 7.68. The number of aromatic nitrogens is 3. The third-order valence-corrected chi connectivity index (χ3v) is 5.14. The molecule has 0 aliphatic carbocycles. The van der Waals surface area contributed by atoms with Crippen molar-refractivity contribution >= 4 is 33.4 Å². The molecule has 146 valence electrons. The lowest BCUT2D eigenvalue weighted by Gasteiger charge is -2.14. The van der Waals surface area contributed by atoms with Gasteiger partial charge in [-0.25, -0.2) is 4.98 Å². The highest BCUT2D eigenvalue weighted by Crippen LogP contribution is 2.28. The first-order valence-electron chi connectivity index (χ1n) is 9.23. The second-order valence-electron chi connectivity index (χ2n) is 6.82. The Labute approximate surface area is 174 Å². The maximum atomic E-state index is 4.68. The molecule has 0 saturated heterocycles. The van der Waals surface area contributed by atoms with Gasteiger partial charge in [0.25, 0.3) is 0 Å². The number of hydrogen-bond donors (Lipinski definition) is 2. The molecule has 0 aliphatic heterocycles. The van der Waals surface area contributed by atoms with Crippen molar-refractivity contribution in [2.24, 2.45) is 0 Å². The summed E-state index contributed by atoms with van der Waals surface area (Å²) in [4.78, 5) is 15.7. The predicted molar refractivity (Wildman–Crippen MR) is 119 cm³/mol. The Morgan fingerprint density at radius 2 is 1.96 bits per heavy atom. The van der Waals surface area contributed by atoms with Crippen LogP contribution in [-0.4, -0.2) is 47.0 Å². The van der Waals surface area contributed by atoms with Crippen LogP contribution in [0.15, 0.2) is 53.3 Å². The minimum Gasteiger partial charge on any atom is -0.354 e. The van der Waals surface area contributed by atoms with Crippen molar-refractivity contribution in [2.45, 2.75) is 13.3 Å². The summed E-state index contributed by atoms with van der Waals surface area (Å²) in [5.74, 6) is 1.35. The highest BCUT2D eigenvalue weighted by Gasteiger charge is 2.09. The van der Waals surface area contributed by atoms with E-state index in [2.05, 4.69) is 67.4 Å². The summed E-state index contributed by atoms with van der Waals surface area (Å²) >= 11 is 3.58. The molecule has 0 radical (unpaired) electrons. The molecule has 2 heterocycles. The largest absolute Gasteiger partial charge is 0.354 e. The number of hydrogen-bond acceptors (Lipinski definition) is 6. The van der Waals surface area contributed by atoms with Gasteiger partial charge in [-0.1, -0.05) is 22.0 Å². The molecule has 0 spiro atoms. The zero-order valence-corrected chi connectivity index (χ0v) is 18.0. The fraction of sp³-hybridized carbons (Fsp3) is 0.286. The van der Waals surface area contributed by atoms with Crippen LogP contribution in [0.1, 0.15) is 12.0 Å². The molecular formula is C21H25BrN6. The van der Waals surface area contributed by atoms with Gasteiger partial charge in [0.05, 0.1) is 5.69 Å². The highest BCUT2D eigenvalue weighted by atomic mass is 79.9. The number of benzene rings is 1. The van der Waals surface area contributed by atoms with E-state index in [1.54, 1.807) is 6.20 Å². The smallest absolute Gasteiger partial charge is 0.225 e. The van der Waals surface area contributed by atoms with E-state index in [4.69, 9.17) is 0 Å². The summed E-state index contributed by atoms with van der Waals surface area (Å²) in [6.07, 6.45) is 4.59. The molecule has 6 nitrogen and oxygen atoms in total. The summed E-state index contributed by atoms with van der Waals surface area (Å²) in [7, 11) is 4.14. The lowest BCUT2D eigenvalue weighted by atomic mass is 10.2. The summed E-state index contributed by atoms with van der Waals surface area (Å²) in [5.41, 5.74) is 3.91.